The first kappa shape index (κ1) is 29.8. The molecule has 2 aliphatic carbocycles. The molecule has 2 saturated carbocycles. The average Bonchev–Trinajstić information content (AvgIpc) is 2.85. The highest BCUT2D eigenvalue weighted by Gasteiger charge is 2.56. The number of nitrogens with one attached hydrogen (secondary N) is 1. The van der Waals surface area contributed by atoms with Gasteiger partial charge in [0.05, 0.1) is 17.2 Å². The van der Waals surface area contributed by atoms with E-state index in [1.54, 1.807) is 13.0 Å². The van der Waals surface area contributed by atoms with Gasteiger partial charge in [-0.25, -0.2) is 18.1 Å². The van der Waals surface area contributed by atoms with Crippen LogP contribution in [0.1, 0.15) is 82.4 Å². The molecule has 0 amide bonds. The Morgan fingerprint density at radius 1 is 1.00 bits per heavy atom. The van der Waals surface area contributed by atoms with Gasteiger partial charge < -0.3 is 4.74 Å². The molecule has 1 aromatic heterocycles. The summed E-state index contributed by atoms with van der Waals surface area (Å²) in [5, 5.41) is 0. The Morgan fingerprint density at radius 2 is 1.67 bits per heavy atom. The van der Waals surface area contributed by atoms with E-state index in [1.165, 1.54) is 0 Å². The van der Waals surface area contributed by atoms with Crippen LogP contribution in [0.2, 0.25) is 0 Å². The molecule has 1 N–H and O–H groups in total. The van der Waals surface area contributed by atoms with E-state index in [0.717, 1.165) is 54.4 Å². The molecule has 2 fully saturated rings. The van der Waals surface area contributed by atoms with Crippen molar-refractivity contribution >= 4 is 21.8 Å². The lowest BCUT2D eigenvalue weighted by Gasteiger charge is -2.60. The molecular weight excluding hydrogens is 558 g/mol. The minimum Gasteiger partial charge on any atom is -0.477 e. The minimum atomic E-state index is -3.96. The number of ketones is 1. The zero-order valence-corrected chi connectivity index (χ0v) is 26.9. The molecule has 2 atom stereocenters. The van der Waals surface area contributed by atoms with Crippen LogP contribution >= 0.6 is 0 Å². The number of aromatic nitrogens is 2. The van der Waals surface area contributed by atoms with Gasteiger partial charge in [0, 0.05) is 23.5 Å². The molecule has 1 spiro atoms. The van der Waals surface area contributed by atoms with Crippen molar-refractivity contribution < 1.29 is 17.9 Å². The second-order valence-corrected chi connectivity index (χ2v) is 16.3. The van der Waals surface area contributed by atoms with Crippen LogP contribution < -0.4 is 9.46 Å². The molecule has 8 heteroatoms. The second kappa shape index (κ2) is 10.7. The lowest BCUT2D eigenvalue weighted by molar-refractivity contribution is -0.138. The van der Waals surface area contributed by atoms with Crippen LogP contribution in [-0.4, -0.2) is 30.8 Å². The number of rotatable bonds is 4. The number of hydrogen-bond donors (Lipinski definition) is 1. The highest BCUT2D eigenvalue weighted by atomic mass is 32.2. The number of benzene rings is 2. The van der Waals surface area contributed by atoms with E-state index in [4.69, 9.17) is 4.74 Å². The number of carbonyl (C=O) groups excluding carboxylic acids is 1. The van der Waals surface area contributed by atoms with E-state index >= 15 is 0 Å². The highest BCUT2D eigenvalue weighted by Crippen LogP contribution is 2.65. The van der Waals surface area contributed by atoms with Crippen molar-refractivity contribution in [2.24, 2.45) is 28.6 Å². The Kier molecular flexibility index (Phi) is 7.43. The number of ether oxygens (including phenoxy) is 1. The van der Waals surface area contributed by atoms with E-state index in [-0.39, 0.29) is 39.4 Å². The van der Waals surface area contributed by atoms with Gasteiger partial charge in [0.25, 0.3) is 10.0 Å². The second-order valence-electron chi connectivity index (χ2n) is 14.6. The highest BCUT2D eigenvalue weighted by molar-refractivity contribution is 7.92. The van der Waals surface area contributed by atoms with Gasteiger partial charge in [-0.2, -0.15) is 4.98 Å². The summed E-state index contributed by atoms with van der Waals surface area (Å²) >= 11 is 0. The predicted octanol–water partition coefficient (Wildman–Crippen LogP) is 7.49. The maximum atomic E-state index is 13.7. The number of nitrogens with zero attached hydrogens (tertiary/aromatic N) is 2. The van der Waals surface area contributed by atoms with Crippen molar-refractivity contribution in [1.29, 1.82) is 0 Å². The molecule has 43 heavy (non-hydrogen) atoms. The fourth-order valence-corrected chi connectivity index (χ4v) is 9.07. The number of aryl methyl sites for hydroxylation is 2. The van der Waals surface area contributed by atoms with Crippen molar-refractivity contribution in [3.8, 4) is 17.1 Å². The van der Waals surface area contributed by atoms with Crippen LogP contribution in [0, 0.1) is 42.4 Å². The molecule has 3 aromatic rings. The molecule has 228 valence electrons. The van der Waals surface area contributed by atoms with Gasteiger partial charge in [0.1, 0.15) is 5.78 Å². The maximum Gasteiger partial charge on any atom is 0.264 e. The Labute approximate surface area is 255 Å². The Hall–Kier alpha value is -3.26. The number of hydrogen-bond acceptors (Lipinski definition) is 6. The van der Waals surface area contributed by atoms with E-state index in [1.807, 2.05) is 50.2 Å². The van der Waals surface area contributed by atoms with Gasteiger partial charge >= 0.3 is 0 Å². The first-order valence-electron chi connectivity index (χ1n) is 15.4. The first-order chi connectivity index (χ1) is 20.2. The van der Waals surface area contributed by atoms with E-state index in [2.05, 4.69) is 41.5 Å². The minimum absolute atomic E-state index is 0.00371. The number of Topliss-reactive ketones (excluding diaryl/α,β-unsaturated/α-hetero) is 1. The Balaban J connectivity index is 1.42. The van der Waals surface area contributed by atoms with Gasteiger partial charge in [-0.3, -0.25) is 4.79 Å². The van der Waals surface area contributed by atoms with Crippen LogP contribution in [0.15, 0.2) is 53.4 Å². The molecule has 2 aromatic carbocycles. The zero-order chi connectivity index (χ0) is 30.7. The third-order valence-corrected chi connectivity index (χ3v) is 11.2. The third-order valence-electron chi connectivity index (χ3n) is 9.88. The largest absolute Gasteiger partial charge is 0.477 e. The summed E-state index contributed by atoms with van der Waals surface area (Å²) in [5.74, 6) is 1.51. The maximum absolute atomic E-state index is 13.7. The Bertz CT molecular complexity index is 1640. The SMILES string of the molecule is CC(=O)C1CC2(C1)CC(C1c3cccc(c3)S(=O)(=O)Nc3nc(cc(-c4c(C)cccc4C)n3)OC[C@H]1CC(C)(C)C)C2. The molecule has 2 heterocycles. The van der Waals surface area contributed by atoms with Crippen LogP contribution in [0.5, 0.6) is 5.88 Å². The molecule has 7 nitrogen and oxygen atoms in total. The fraction of sp³-hybridized carbons (Fsp3) is 0.514. The number of sulfonamides is 1. The number of carbonyl (C=O) groups is 1. The summed E-state index contributed by atoms with van der Waals surface area (Å²) in [6.45, 7) is 13.0. The summed E-state index contributed by atoms with van der Waals surface area (Å²) in [6.07, 6.45) is 5.00. The normalized spacial score (nSPS) is 27.9. The van der Waals surface area contributed by atoms with Gasteiger partial charge in [-0.1, -0.05) is 51.1 Å². The Morgan fingerprint density at radius 3 is 2.33 bits per heavy atom. The van der Waals surface area contributed by atoms with Crippen molar-refractivity contribution in [3.63, 3.8) is 0 Å². The van der Waals surface area contributed by atoms with Gasteiger partial charge in [0.2, 0.25) is 11.8 Å². The molecule has 3 aliphatic rings. The quantitative estimate of drug-likeness (QED) is 0.333. The van der Waals surface area contributed by atoms with E-state index in [9.17, 15) is 13.2 Å². The van der Waals surface area contributed by atoms with Gasteiger partial charge in [-0.15, -0.1) is 0 Å². The molecule has 6 rings (SSSR count). The smallest absolute Gasteiger partial charge is 0.264 e. The molecule has 4 bridgehead atoms. The van der Waals surface area contributed by atoms with Gasteiger partial charge in [0.15, 0.2) is 0 Å². The summed E-state index contributed by atoms with van der Waals surface area (Å²) < 4.78 is 36.6. The molecular formula is C35H43N3O4S. The predicted molar refractivity (Wildman–Crippen MR) is 169 cm³/mol. The third kappa shape index (κ3) is 5.95. The van der Waals surface area contributed by atoms with Crippen molar-refractivity contribution in [3.05, 3.63) is 65.2 Å². The molecule has 1 unspecified atom stereocenters. The topological polar surface area (TPSA) is 98.2 Å². The monoisotopic (exact) mass is 601 g/mol. The average molecular weight is 602 g/mol. The van der Waals surface area contributed by atoms with E-state index < -0.39 is 10.0 Å². The fourth-order valence-electron chi connectivity index (χ4n) is 8.07. The summed E-state index contributed by atoms with van der Waals surface area (Å²) in [6, 6.07) is 15.3. The zero-order valence-electron chi connectivity index (χ0n) is 26.1. The molecule has 0 saturated heterocycles. The van der Waals surface area contributed by atoms with Crippen molar-refractivity contribution in [1.82, 2.24) is 9.97 Å². The summed E-state index contributed by atoms with van der Waals surface area (Å²) in [7, 11) is -3.96. The standard InChI is InChI=1S/C35H43N3O4S/c1-21-9-7-10-22(2)31(21)29-14-30-37-33(36-29)38-43(40,41)28-12-8-11-24(13-28)32(27(20-42-30)15-34(4,5)6)26-18-35(19-26)16-25(17-35)23(3)39/h7-14,25-27,32H,15-20H2,1-6H3,(H,36,37,38)/t25?,26?,27-,32?,35?/m1/s1. The van der Waals surface area contributed by atoms with Gasteiger partial charge in [-0.05, 0) is 104 Å². The van der Waals surface area contributed by atoms with Crippen molar-refractivity contribution in [2.45, 2.75) is 84.5 Å². The number of fused-ring (bicyclic) bond motifs is 4. The number of anilines is 1. The lowest BCUT2D eigenvalue weighted by atomic mass is 9.44. The van der Waals surface area contributed by atoms with Crippen LogP contribution in [-0.2, 0) is 14.8 Å². The summed E-state index contributed by atoms with van der Waals surface area (Å²) in [4.78, 5) is 21.4. The van der Waals surface area contributed by atoms with Crippen LogP contribution in [0.3, 0.4) is 0 Å². The van der Waals surface area contributed by atoms with E-state index in [0.29, 0.717) is 29.9 Å². The van der Waals surface area contributed by atoms with Crippen molar-refractivity contribution in [2.75, 3.05) is 11.3 Å². The first-order valence-corrected chi connectivity index (χ1v) is 16.9. The molecule has 0 radical (unpaired) electrons. The van der Waals surface area contributed by atoms with Crippen LogP contribution in [0.25, 0.3) is 11.3 Å². The van der Waals surface area contributed by atoms with Crippen LogP contribution in [0.4, 0.5) is 5.95 Å². The lowest BCUT2D eigenvalue weighted by Crippen LogP contribution is -2.51. The summed E-state index contributed by atoms with van der Waals surface area (Å²) in [5.41, 5.74) is 4.97. The molecule has 1 aliphatic heterocycles.